The molecule has 0 fully saturated rings. The molecule has 0 saturated heterocycles. The number of benzene rings is 3. The molecule has 0 spiro atoms. The smallest absolute Gasteiger partial charge is 0.264 e. The highest BCUT2D eigenvalue weighted by Crippen LogP contribution is 2.33. The molecule has 0 aliphatic rings. The molecule has 244 valence electrons. The summed E-state index contributed by atoms with van der Waals surface area (Å²) in [6.45, 7) is 7.97. The number of halogens is 1. The minimum Gasteiger partial charge on any atom is -0.494 e. The fourth-order valence-electron chi connectivity index (χ4n) is 4.64. The Labute approximate surface area is 271 Å². The lowest BCUT2D eigenvalue weighted by Gasteiger charge is -2.33. The summed E-state index contributed by atoms with van der Waals surface area (Å²) in [5, 5.41) is 3.45. The summed E-state index contributed by atoms with van der Waals surface area (Å²) >= 11 is 6.09. The predicted molar refractivity (Wildman–Crippen MR) is 176 cm³/mol. The molecule has 0 bridgehead atoms. The van der Waals surface area contributed by atoms with E-state index in [1.807, 2.05) is 27.7 Å². The number of sulfonamides is 1. The van der Waals surface area contributed by atoms with Gasteiger partial charge in [-0.15, -0.1) is 0 Å². The van der Waals surface area contributed by atoms with Gasteiger partial charge in [-0.2, -0.15) is 0 Å². The van der Waals surface area contributed by atoms with E-state index in [1.54, 1.807) is 48.5 Å². The third-order valence-corrected chi connectivity index (χ3v) is 9.02. The van der Waals surface area contributed by atoms with E-state index in [9.17, 15) is 18.0 Å². The molecular formula is C33H42ClN3O7S. The molecule has 0 saturated carbocycles. The van der Waals surface area contributed by atoms with Crippen molar-refractivity contribution in [3.05, 3.63) is 77.3 Å². The van der Waals surface area contributed by atoms with E-state index in [-0.39, 0.29) is 34.7 Å². The van der Waals surface area contributed by atoms with Gasteiger partial charge in [-0.1, -0.05) is 44.5 Å². The third-order valence-electron chi connectivity index (χ3n) is 6.99. The number of amides is 2. The molecule has 0 aliphatic heterocycles. The van der Waals surface area contributed by atoms with Crippen molar-refractivity contribution >= 4 is 39.1 Å². The lowest BCUT2D eigenvalue weighted by Crippen LogP contribution is -2.52. The predicted octanol–water partition coefficient (Wildman–Crippen LogP) is 5.53. The average molecular weight is 660 g/mol. The van der Waals surface area contributed by atoms with Crippen molar-refractivity contribution in [2.75, 3.05) is 38.2 Å². The molecule has 0 heterocycles. The molecule has 0 radical (unpaired) electrons. The maximum Gasteiger partial charge on any atom is 0.264 e. The molecular weight excluding hydrogens is 618 g/mol. The van der Waals surface area contributed by atoms with Gasteiger partial charge in [0.2, 0.25) is 11.8 Å². The van der Waals surface area contributed by atoms with Crippen LogP contribution in [0.5, 0.6) is 17.2 Å². The van der Waals surface area contributed by atoms with Crippen LogP contribution in [0.2, 0.25) is 5.02 Å². The zero-order valence-electron chi connectivity index (χ0n) is 26.6. The third kappa shape index (κ3) is 9.27. The summed E-state index contributed by atoms with van der Waals surface area (Å²) in [5.41, 5.74) is 0.976. The van der Waals surface area contributed by atoms with Gasteiger partial charge in [0.15, 0.2) is 11.5 Å². The van der Waals surface area contributed by atoms with Crippen LogP contribution in [-0.2, 0) is 26.2 Å². The lowest BCUT2D eigenvalue weighted by atomic mass is 10.1. The van der Waals surface area contributed by atoms with Gasteiger partial charge < -0.3 is 24.4 Å². The molecule has 12 heteroatoms. The molecule has 3 aromatic carbocycles. The number of anilines is 1. The Kier molecular flexibility index (Phi) is 12.9. The van der Waals surface area contributed by atoms with E-state index in [1.165, 1.54) is 37.3 Å². The van der Waals surface area contributed by atoms with Gasteiger partial charge in [0, 0.05) is 24.2 Å². The Hall–Kier alpha value is -3.96. The van der Waals surface area contributed by atoms with Gasteiger partial charge in [-0.05, 0) is 73.4 Å². The van der Waals surface area contributed by atoms with Crippen molar-refractivity contribution in [3.63, 3.8) is 0 Å². The normalized spacial score (nSPS) is 11.9. The van der Waals surface area contributed by atoms with Crippen molar-refractivity contribution in [2.45, 2.75) is 51.6 Å². The van der Waals surface area contributed by atoms with E-state index < -0.39 is 28.5 Å². The van der Waals surface area contributed by atoms with Crippen molar-refractivity contribution in [2.24, 2.45) is 5.92 Å². The molecule has 1 unspecified atom stereocenters. The number of carbonyl (C=O) groups excluding carboxylic acids is 2. The summed E-state index contributed by atoms with van der Waals surface area (Å²) < 4.78 is 45.7. The van der Waals surface area contributed by atoms with Crippen LogP contribution in [0.15, 0.2) is 71.6 Å². The number of rotatable bonds is 16. The van der Waals surface area contributed by atoms with E-state index in [4.69, 9.17) is 25.8 Å². The number of nitrogens with zero attached hydrogens (tertiary/aromatic N) is 2. The average Bonchev–Trinajstić information content (AvgIpc) is 3.03. The Morgan fingerprint density at radius 2 is 1.56 bits per heavy atom. The van der Waals surface area contributed by atoms with Crippen LogP contribution >= 0.6 is 11.6 Å². The molecule has 0 aliphatic carbocycles. The molecule has 45 heavy (non-hydrogen) atoms. The van der Waals surface area contributed by atoms with Gasteiger partial charge in [0.05, 0.1) is 31.4 Å². The van der Waals surface area contributed by atoms with E-state index in [0.29, 0.717) is 36.1 Å². The first kappa shape index (κ1) is 35.5. The van der Waals surface area contributed by atoms with Crippen LogP contribution in [-0.4, -0.2) is 65.1 Å². The largest absolute Gasteiger partial charge is 0.494 e. The van der Waals surface area contributed by atoms with Crippen molar-refractivity contribution in [3.8, 4) is 17.2 Å². The van der Waals surface area contributed by atoms with Crippen molar-refractivity contribution < 1.29 is 32.2 Å². The second-order valence-electron chi connectivity index (χ2n) is 10.7. The van der Waals surface area contributed by atoms with Crippen LogP contribution in [0.1, 0.15) is 39.7 Å². The lowest BCUT2D eigenvalue weighted by molar-refractivity contribution is -0.140. The summed E-state index contributed by atoms with van der Waals surface area (Å²) in [6, 6.07) is 16.8. The molecule has 3 aromatic rings. The summed E-state index contributed by atoms with van der Waals surface area (Å²) in [7, 11) is -1.47. The molecule has 0 aromatic heterocycles. The minimum absolute atomic E-state index is 0.0666. The van der Waals surface area contributed by atoms with Gasteiger partial charge >= 0.3 is 0 Å². The quantitative estimate of drug-likeness (QED) is 0.215. The highest BCUT2D eigenvalue weighted by atomic mass is 35.5. The Morgan fingerprint density at radius 3 is 2.11 bits per heavy atom. The van der Waals surface area contributed by atoms with Crippen molar-refractivity contribution in [1.82, 2.24) is 10.2 Å². The maximum absolute atomic E-state index is 14.3. The van der Waals surface area contributed by atoms with E-state index >= 15 is 0 Å². The Morgan fingerprint density at radius 1 is 0.911 bits per heavy atom. The summed E-state index contributed by atoms with van der Waals surface area (Å²) in [5.74, 6) is 0.446. The SMILES string of the molecule is CCOc1ccc(N(CC(=O)N(Cc2ccc(Cl)cc2)C(CC)C(=O)NCC(C)C)S(=O)(=O)c2ccc(OC)c(OC)c2)cc1. The van der Waals surface area contributed by atoms with Gasteiger partial charge in [-0.3, -0.25) is 13.9 Å². The zero-order chi connectivity index (χ0) is 33.1. The first-order valence-corrected chi connectivity index (χ1v) is 16.6. The van der Waals surface area contributed by atoms with E-state index in [2.05, 4.69) is 5.32 Å². The highest BCUT2D eigenvalue weighted by molar-refractivity contribution is 7.92. The summed E-state index contributed by atoms with van der Waals surface area (Å²) in [4.78, 5) is 28.9. The highest BCUT2D eigenvalue weighted by Gasteiger charge is 2.34. The maximum atomic E-state index is 14.3. The van der Waals surface area contributed by atoms with Crippen molar-refractivity contribution in [1.29, 1.82) is 0 Å². The first-order valence-electron chi connectivity index (χ1n) is 14.7. The van der Waals surface area contributed by atoms with Crippen LogP contribution in [0.4, 0.5) is 5.69 Å². The van der Waals surface area contributed by atoms with Crippen LogP contribution < -0.4 is 23.8 Å². The number of hydrogen-bond acceptors (Lipinski definition) is 7. The monoisotopic (exact) mass is 659 g/mol. The molecule has 10 nitrogen and oxygen atoms in total. The van der Waals surface area contributed by atoms with Crippen LogP contribution in [0.3, 0.4) is 0 Å². The van der Waals surface area contributed by atoms with Gasteiger partial charge in [-0.25, -0.2) is 8.42 Å². The topological polar surface area (TPSA) is 114 Å². The number of methoxy groups -OCH3 is 2. The first-order chi connectivity index (χ1) is 21.4. The second-order valence-corrected chi connectivity index (χ2v) is 13.0. The Balaban J connectivity index is 2.09. The zero-order valence-corrected chi connectivity index (χ0v) is 28.2. The molecule has 1 N–H and O–H groups in total. The van der Waals surface area contributed by atoms with Crippen LogP contribution in [0, 0.1) is 5.92 Å². The number of ether oxygens (including phenoxy) is 3. The fraction of sp³-hybridized carbons (Fsp3) is 0.394. The molecule has 2 amide bonds. The molecule has 3 rings (SSSR count). The van der Waals surface area contributed by atoms with Gasteiger partial charge in [0.25, 0.3) is 10.0 Å². The Bertz CT molecular complexity index is 1530. The standard InChI is InChI=1S/C33H42ClN3O7S/c1-7-29(33(39)35-20-23(3)4)36(21-24-9-11-25(34)12-10-24)32(38)22-37(26-13-15-27(16-14-26)44-8-2)45(40,41)28-17-18-30(42-5)31(19-28)43-6/h9-19,23,29H,7-8,20-22H2,1-6H3,(H,35,39). The second kappa shape index (κ2) is 16.4. The number of hydrogen-bond donors (Lipinski definition) is 1. The molecule has 1 atom stereocenters. The van der Waals surface area contributed by atoms with E-state index in [0.717, 1.165) is 9.87 Å². The summed E-state index contributed by atoms with van der Waals surface area (Å²) in [6.07, 6.45) is 0.314. The number of nitrogens with one attached hydrogen (secondary N) is 1. The van der Waals surface area contributed by atoms with Gasteiger partial charge in [0.1, 0.15) is 18.3 Å². The number of carbonyl (C=O) groups is 2. The fourth-order valence-corrected chi connectivity index (χ4v) is 6.19. The van der Waals surface area contributed by atoms with Crippen LogP contribution in [0.25, 0.3) is 0 Å². The minimum atomic E-state index is -4.33.